The number of thioether (sulfide) groups is 1. The average molecular weight is 218 g/mol. The van der Waals surface area contributed by atoms with Gasteiger partial charge in [0, 0.05) is 18.8 Å². The Labute approximate surface area is 89.4 Å². The summed E-state index contributed by atoms with van der Waals surface area (Å²) >= 11 is 1.82. The van der Waals surface area contributed by atoms with Crippen molar-refractivity contribution in [3.63, 3.8) is 0 Å². The molecule has 2 fully saturated rings. The van der Waals surface area contributed by atoms with E-state index in [1.807, 2.05) is 11.8 Å². The first-order valence-corrected chi connectivity index (χ1v) is 6.56. The molecule has 1 aliphatic heterocycles. The molecule has 0 aromatic carbocycles. The SMILES string of the molecule is NC1SCCN1CC1CCC(F)CC1. The van der Waals surface area contributed by atoms with Crippen LogP contribution in [0, 0.1) is 5.92 Å². The molecule has 2 N–H and O–H groups in total. The minimum absolute atomic E-state index is 0.193. The number of rotatable bonds is 2. The Bertz CT molecular complexity index is 183. The molecule has 1 saturated carbocycles. The summed E-state index contributed by atoms with van der Waals surface area (Å²) in [4.78, 5) is 2.34. The van der Waals surface area contributed by atoms with E-state index in [9.17, 15) is 4.39 Å². The third-order valence-electron chi connectivity index (χ3n) is 3.30. The van der Waals surface area contributed by atoms with E-state index in [1.54, 1.807) is 0 Å². The molecule has 2 rings (SSSR count). The molecule has 0 spiro atoms. The third-order valence-corrected chi connectivity index (χ3v) is 4.35. The maximum atomic E-state index is 12.9. The van der Waals surface area contributed by atoms with E-state index < -0.39 is 6.17 Å². The molecule has 1 saturated heterocycles. The summed E-state index contributed by atoms with van der Waals surface area (Å²) in [5.74, 6) is 1.84. The van der Waals surface area contributed by atoms with Crippen LogP contribution < -0.4 is 5.73 Å². The smallest absolute Gasteiger partial charge is 0.105 e. The van der Waals surface area contributed by atoms with E-state index in [4.69, 9.17) is 5.73 Å². The van der Waals surface area contributed by atoms with Crippen LogP contribution in [0.2, 0.25) is 0 Å². The molecule has 0 radical (unpaired) electrons. The Morgan fingerprint density at radius 3 is 2.57 bits per heavy atom. The summed E-state index contributed by atoms with van der Waals surface area (Å²) in [6, 6.07) is 0. The fraction of sp³-hybridized carbons (Fsp3) is 1.00. The van der Waals surface area contributed by atoms with Crippen LogP contribution in [-0.4, -0.2) is 35.4 Å². The third kappa shape index (κ3) is 2.61. The lowest BCUT2D eigenvalue weighted by Crippen LogP contribution is -2.39. The summed E-state index contributed by atoms with van der Waals surface area (Å²) in [5, 5.41) is 0. The molecule has 1 unspecified atom stereocenters. The Balaban J connectivity index is 1.74. The van der Waals surface area contributed by atoms with Crippen molar-refractivity contribution in [1.29, 1.82) is 0 Å². The second-order valence-electron chi connectivity index (χ2n) is 4.37. The van der Waals surface area contributed by atoms with Gasteiger partial charge in [0.2, 0.25) is 0 Å². The highest BCUT2D eigenvalue weighted by Gasteiger charge is 2.27. The van der Waals surface area contributed by atoms with Gasteiger partial charge in [-0.15, -0.1) is 11.8 Å². The van der Waals surface area contributed by atoms with Gasteiger partial charge in [0.1, 0.15) is 11.7 Å². The van der Waals surface area contributed by atoms with Crippen LogP contribution in [-0.2, 0) is 0 Å². The normalized spacial score (nSPS) is 40.3. The molecule has 1 atom stereocenters. The summed E-state index contributed by atoms with van der Waals surface area (Å²) < 4.78 is 12.9. The molecular formula is C10H19FN2S. The minimum atomic E-state index is -0.534. The predicted octanol–water partition coefficient (Wildman–Crippen LogP) is 1.81. The van der Waals surface area contributed by atoms with Crippen LogP contribution in [0.4, 0.5) is 4.39 Å². The minimum Gasteiger partial charge on any atom is -0.307 e. The molecule has 1 heterocycles. The number of hydrogen-bond acceptors (Lipinski definition) is 3. The fourth-order valence-corrected chi connectivity index (χ4v) is 3.34. The van der Waals surface area contributed by atoms with Crippen molar-refractivity contribution in [1.82, 2.24) is 4.90 Å². The van der Waals surface area contributed by atoms with Gasteiger partial charge in [0.25, 0.3) is 0 Å². The lowest BCUT2D eigenvalue weighted by atomic mass is 9.88. The van der Waals surface area contributed by atoms with E-state index in [0.717, 1.165) is 44.5 Å². The zero-order valence-electron chi connectivity index (χ0n) is 8.49. The topological polar surface area (TPSA) is 29.3 Å². The first-order chi connectivity index (χ1) is 6.75. The Morgan fingerprint density at radius 1 is 1.29 bits per heavy atom. The first kappa shape index (κ1) is 10.7. The van der Waals surface area contributed by atoms with Gasteiger partial charge >= 0.3 is 0 Å². The molecular weight excluding hydrogens is 199 g/mol. The highest BCUT2D eigenvalue weighted by molar-refractivity contribution is 8.00. The van der Waals surface area contributed by atoms with E-state index >= 15 is 0 Å². The molecule has 0 aromatic rings. The maximum Gasteiger partial charge on any atom is 0.105 e. The van der Waals surface area contributed by atoms with Gasteiger partial charge in [-0.25, -0.2) is 4.39 Å². The van der Waals surface area contributed by atoms with Gasteiger partial charge in [0.05, 0.1) is 0 Å². The number of nitrogens with two attached hydrogens (primary N) is 1. The van der Waals surface area contributed by atoms with Crippen molar-refractivity contribution in [2.24, 2.45) is 11.7 Å². The van der Waals surface area contributed by atoms with Gasteiger partial charge in [-0.2, -0.15) is 0 Å². The molecule has 1 aliphatic carbocycles. The number of alkyl halides is 1. The van der Waals surface area contributed by atoms with Crippen molar-refractivity contribution in [3.8, 4) is 0 Å². The molecule has 2 aliphatic rings. The molecule has 0 aromatic heterocycles. The van der Waals surface area contributed by atoms with E-state index in [2.05, 4.69) is 4.90 Å². The number of hydrogen-bond donors (Lipinski definition) is 1. The van der Waals surface area contributed by atoms with Crippen LogP contribution in [0.25, 0.3) is 0 Å². The van der Waals surface area contributed by atoms with Crippen LogP contribution in [0.3, 0.4) is 0 Å². The van der Waals surface area contributed by atoms with Crippen molar-refractivity contribution in [2.45, 2.75) is 37.4 Å². The Hall–Kier alpha value is 0.200. The zero-order valence-corrected chi connectivity index (χ0v) is 9.31. The van der Waals surface area contributed by atoms with Crippen molar-refractivity contribution < 1.29 is 4.39 Å². The van der Waals surface area contributed by atoms with Crippen LogP contribution in [0.1, 0.15) is 25.7 Å². The van der Waals surface area contributed by atoms with Gasteiger partial charge in [-0.1, -0.05) is 0 Å². The van der Waals surface area contributed by atoms with Crippen molar-refractivity contribution in [3.05, 3.63) is 0 Å². The maximum absolute atomic E-state index is 12.9. The lowest BCUT2D eigenvalue weighted by Gasteiger charge is -2.29. The van der Waals surface area contributed by atoms with Crippen molar-refractivity contribution >= 4 is 11.8 Å². The fourth-order valence-electron chi connectivity index (χ4n) is 2.35. The highest BCUT2D eigenvalue weighted by atomic mass is 32.2. The molecule has 0 amide bonds. The van der Waals surface area contributed by atoms with Gasteiger partial charge in [0.15, 0.2) is 0 Å². The van der Waals surface area contributed by atoms with E-state index in [0.29, 0.717) is 5.92 Å². The largest absolute Gasteiger partial charge is 0.307 e. The van der Waals surface area contributed by atoms with E-state index in [-0.39, 0.29) is 5.50 Å². The molecule has 0 bridgehead atoms. The van der Waals surface area contributed by atoms with E-state index in [1.165, 1.54) is 0 Å². The van der Waals surface area contributed by atoms with Gasteiger partial charge in [-0.3, -0.25) is 4.90 Å². The van der Waals surface area contributed by atoms with Crippen LogP contribution in [0.15, 0.2) is 0 Å². The predicted molar refractivity (Wildman–Crippen MR) is 58.9 cm³/mol. The molecule has 82 valence electrons. The quantitative estimate of drug-likeness (QED) is 0.766. The molecule has 2 nitrogen and oxygen atoms in total. The number of halogens is 1. The molecule has 4 heteroatoms. The van der Waals surface area contributed by atoms with Crippen LogP contribution >= 0.6 is 11.8 Å². The second-order valence-corrected chi connectivity index (χ2v) is 5.60. The lowest BCUT2D eigenvalue weighted by molar-refractivity contribution is 0.161. The van der Waals surface area contributed by atoms with Crippen molar-refractivity contribution in [2.75, 3.05) is 18.8 Å². The second kappa shape index (κ2) is 4.81. The number of nitrogens with zero attached hydrogens (tertiary/aromatic N) is 1. The Kier molecular flexibility index (Phi) is 3.68. The first-order valence-electron chi connectivity index (χ1n) is 5.51. The standard InChI is InChI=1S/C10H19FN2S/c11-9-3-1-8(2-4-9)7-13-5-6-14-10(13)12/h8-10H,1-7,12H2. The Morgan fingerprint density at radius 2 is 2.00 bits per heavy atom. The van der Waals surface area contributed by atoms with Gasteiger partial charge < -0.3 is 5.73 Å². The highest BCUT2D eigenvalue weighted by Crippen LogP contribution is 2.29. The summed E-state index contributed by atoms with van der Waals surface area (Å²) in [7, 11) is 0. The van der Waals surface area contributed by atoms with Crippen LogP contribution in [0.5, 0.6) is 0 Å². The summed E-state index contributed by atoms with van der Waals surface area (Å²) in [6.07, 6.45) is 3.10. The molecule has 14 heavy (non-hydrogen) atoms. The average Bonchev–Trinajstić information content (AvgIpc) is 2.56. The summed E-state index contributed by atoms with van der Waals surface area (Å²) in [5.41, 5.74) is 6.13. The van der Waals surface area contributed by atoms with Gasteiger partial charge in [-0.05, 0) is 31.6 Å². The summed E-state index contributed by atoms with van der Waals surface area (Å²) in [6.45, 7) is 2.20. The monoisotopic (exact) mass is 218 g/mol. The zero-order chi connectivity index (χ0) is 9.97.